The Kier molecular flexibility index (Phi) is 4.25. The fourth-order valence-electron chi connectivity index (χ4n) is 0.997. The Hall–Kier alpha value is -1.41. The van der Waals surface area contributed by atoms with Crippen molar-refractivity contribution in [3.05, 3.63) is 35.4 Å². The normalized spacial score (nSPS) is 16.6. The van der Waals surface area contributed by atoms with Crippen LogP contribution in [-0.4, -0.2) is 17.0 Å². The summed E-state index contributed by atoms with van der Waals surface area (Å²) in [4.78, 5) is 21.3. The van der Waals surface area contributed by atoms with Crippen molar-refractivity contribution in [2.75, 3.05) is 0 Å². The molecule has 0 amide bonds. The molecule has 0 aromatic rings. The standard InChI is InChI=1S/C10H11O4P/c11-9(12)3-4-10(13)14-8-2-1-7(5-8)6-15/h1-2,5-6H,3-4,15H2,(H,11,12)/b7-6-. The van der Waals surface area contributed by atoms with E-state index in [1.807, 2.05) is 0 Å². The molecule has 1 aliphatic rings. The molecule has 1 atom stereocenters. The van der Waals surface area contributed by atoms with E-state index in [0.717, 1.165) is 5.57 Å². The molecule has 4 nitrogen and oxygen atoms in total. The number of rotatable bonds is 4. The van der Waals surface area contributed by atoms with Gasteiger partial charge >= 0.3 is 11.9 Å². The van der Waals surface area contributed by atoms with Crippen LogP contribution in [0, 0.1) is 0 Å². The predicted molar refractivity (Wildman–Crippen MR) is 58.0 cm³/mol. The molecule has 0 fully saturated rings. The highest BCUT2D eigenvalue weighted by Gasteiger charge is 2.10. The van der Waals surface area contributed by atoms with Crippen LogP contribution >= 0.6 is 9.24 Å². The van der Waals surface area contributed by atoms with Crippen LogP contribution < -0.4 is 0 Å². The zero-order valence-electron chi connectivity index (χ0n) is 7.97. The smallest absolute Gasteiger partial charge is 0.311 e. The maximum Gasteiger partial charge on any atom is 0.311 e. The van der Waals surface area contributed by atoms with Gasteiger partial charge in [0.25, 0.3) is 0 Å². The summed E-state index contributed by atoms with van der Waals surface area (Å²) in [5, 5.41) is 8.36. The van der Waals surface area contributed by atoms with Crippen molar-refractivity contribution < 1.29 is 19.4 Å². The van der Waals surface area contributed by atoms with Gasteiger partial charge in [-0.25, -0.2) is 0 Å². The average Bonchev–Trinajstić information content (AvgIpc) is 2.62. The lowest BCUT2D eigenvalue weighted by atomic mass is 10.3. The van der Waals surface area contributed by atoms with Crippen LogP contribution in [-0.2, 0) is 14.3 Å². The molecule has 0 saturated heterocycles. The molecule has 15 heavy (non-hydrogen) atoms. The van der Waals surface area contributed by atoms with E-state index in [1.165, 1.54) is 0 Å². The van der Waals surface area contributed by atoms with Crippen LogP contribution in [0.1, 0.15) is 12.8 Å². The molecule has 1 rings (SSSR count). The number of carbonyl (C=O) groups excluding carboxylic acids is 1. The van der Waals surface area contributed by atoms with Crippen LogP contribution in [0.5, 0.6) is 0 Å². The van der Waals surface area contributed by atoms with Gasteiger partial charge in [0.15, 0.2) is 0 Å². The minimum Gasteiger partial charge on any atom is -0.481 e. The number of esters is 1. The highest BCUT2D eigenvalue weighted by molar-refractivity contribution is 7.20. The fourth-order valence-corrected chi connectivity index (χ4v) is 1.20. The summed E-state index contributed by atoms with van der Waals surface area (Å²) in [5.41, 5.74) is 0.932. The molecular formula is C10H11O4P. The number of hydrogen-bond donors (Lipinski definition) is 1. The van der Waals surface area contributed by atoms with E-state index < -0.39 is 11.9 Å². The molecule has 1 unspecified atom stereocenters. The number of carboxylic acid groups (broad SMARTS) is 1. The molecule has 0 heterocycles. The zero-order chi connectivity index (χ0) is 11.3. The Morgan fingerprint density at radius 3 is 2.67 bits per heavy atom. The minimum absolute atomic E-state index is 0.111. The summed E-state index contributed by atoms with van der Waals surface area (Å²) < 4.78 is 4.92. The molecule has 0 spiro atoms. The monoisotopic (exact) mass is 226 g/mol. The van der Waals surface area contributed by atoms with E-state index in [1.54, 1.807) is 24.0 Å². The number of hydrogen-bond acceptors (Lipinski definition) is 3. The van der Waals surface area contributed by atoms with Crippen molar-refractivity contribution in [3.63, 3.8) is 0 Å². The van der Waals surface area contributed by atoms with Gasteiger partial charge in [-0.2, -0.15) is 0 Å². The summed E-state index contributed by atoms with van der Waals surface area (Å²) in [6, 6.07) is 0. The summed E-state index contributed by atoms with van der Waals surface area (Å²) in [6.07, 6.45) is 4.84. The fraction of sp³-hybridized carbons (Fsp3) is 0.200. The second-order valence-electron chi connectivity index (χ2n) is 2.91. The Bertz CT molecular complexity index is 366. The molecule has 0 aliphatic heterocycles. The van der Waals surface area contributed by atoms with Crippen LogP contribution in [0.15, 0.2) is 35.4 Å². The van der Waals surface area contributed by atoms with Crippen molar-refractivity contribution in [3.8, 4) is 0 Å². The highest BCUT2D eigenvalue weighted by Crippen LogP contribution is 2.17. The first-order valence-corrected chi connectivity index (χ1v) is 5.02. The number of allylic oxidation sites excluding steroid dienone is 4. The summed E-state index contributed by atoms with van der Waals surface area (Å²) in [7, 11) is 2.44. The topological polar surface area (TPSA) is 63.6 Å². The first-order valence-electron chi connectivity index (χ1n) is 4.36. The van der Waals surface area contributed by atoms with Crippen LogP contribution in [0.2, 0.25) is 0 Å². The molecular weight excluding hydrogens is 215 g/mol. The SMILES string of the molecule is O=C(O)CCC(=O)OC1=C/C(=C\P)C=C1. The van der Waals surface area contributed by atoms with E-state index in [4.69, 9.17) is 9.84 Å². The Morgan fingerprint density at radius 2 is 2.13 bits per heavy atom. The zero-order valence-corrected chi connectivity index (χ0v) is 9.13. The molecule has 1 aliphatic carbocycles. The van der Waals surface area contributed by atoms with Crippen LogP contribution in [0.4, 0.5) is 0 Å². The lowest BCUT2D eigenvalue weighted by Crippen LogP contribution is -2.06. The van der Waals surface area contributed by atoms with Crippen LogP contribution in [0.25, 0.3) is 0 Å². The maximum atomic E-state index is 11.1. The van der Waals surface area contributed by atoms with Gasteiger partial charge in [0, 0.05) is 0 Å². The largest absolute Gasteiger partial charge is 0.481 e. The minimum atomic E-state index is -1.01. The van der Waals surface area contributed by atoms with Crippen molar-refractivity contribution in [1.29, 1.82) is 0 Å². The van der Waals surface area contributed by atoms with Gasteiger partial charge < -0.3 is 9.84 Å². The molecule has 1 N–H and O–H groups in total. The molecule has 0 saturated carbocycles. The van der Waals surface area contributed by atoms with Crippen LogP contribution in [0.3, 0.4) is 0 Å². The van der Waals surface area contributed by atoms with Crippen molar-refractivity contribution in [2.45, 2.75) is 12.8 Å². The Morgan fingerprint density at radius 1 is 1.40 bits per heavy atom. The summed E-state index contributed by atoms with van der Waals surface area (Å²) in [5.74, 6) is 0.708. The van der Waals surface area contributed by atoms with Gasteiger partial charge in [-0.15, -0.1) is 9.24 Å². The number of carbonyl (C=O) groups is 2. The third-order valence-electron chi connectivity index (χ3n) is 1.72. The highest BCUT2D eigenvalue weighted by atomic mass is 31.0. The molecule has 5 heteroatoms. The van der Waals surface area contributed by atoms with Gasteiger partial charge in [0.2, 0.25) is 0 Å². The number of carboxylic acids is 1. The van der Waals surface area contributed by atoms with Gasteiger partial charge in [-0.05, 0) is 17.7 Å². The second kappa shape index (κ2) is 5.47. The quantitative estimate of drug-likeness (QED) is 0.584. The van der Waals surface area contributed by atoms with Gasteiger partial charge in [0.1, 0.15) is 5.76 Å². The Balaban J connectivity index is 2.40. The van der Waals surface area contributed by atoms with E-state index in [-0.39, 0.29) is 12.8 Å². The summed E-state index contributed by atoms with van der Waals surface area (Å²) >= 11 is 0. The molecule has 0 bridgehead atoms. The van der Waals surface area contributed by atoms with Crippen molar-refractivity contribution in [1.82, 2.24) is 0 Å². The van der Waals surface area contributed by atoms with Gasteiger partial charge in [-0.1, -0.05) is 11.9 Å². The van der Waals surface area contributed by atoms with E-state index in [2.05, 4.69) is 9.24 Å². The third-order valence-corrected chi connectivity index (χ3v) is 2.10. The van der Waals surface area contributed by atoms with Crippen molar-refractivity contribution in [2.24, 2.45) is 0 Å². The molecule has 0 aromatic carbocycles. The van der Waals surface area contributed by atoms with E-state index in [0.29, 0.717) is 5.76 Å². The van der Waals surface area contributed by atoms with Crippen molar-refractivity contribution >= 4 is 21.2 Å². The Labute approximate surface area is 89.5 Å². The second-order valence-corrected chi connectivity index (χ2v) is 3.25. The molecule has 0 radical (unpaired) electrons. The number of aliphatic carboxylic acids is 1. The first kappa shape index (κ1) is 11.7. The van der Waals surface area contributed by atoms with Gasteiger partial charge in [0.05, 0.1) is 12.8 Å². The average molecular weight is 226 g/mol. The molecule has 0 aromatic heterocycles. The van der Waals surface area contributed by atoms with E-state index in [9.17, 15) is 9.59 Å². The number of ether oxygens (including phenoxy) is 1. The van der Waals surface area contributed by atoms with Gasteiger partial charge in [-0.3, -0.25) is 9.59 Å². The first-order chi connectivity index (χ1) is 7.11. The van der Waals surface area contributed by atoms with E-state index >= 15 is 0 Å². The third kappa shape index (κ3) is 4.09. The lowest BCUT2D eigenvalue weighted by Gasteiger charge is -2.00. The molecule has 80 valence electrons. The lowest BCUT2D eigenvalue weighted by molar-refractivity contribution is -0.144. The summed E-state index contributed by atoms with van der Waals surface area (Å²) in [6.45, 7) is 0. The maximum absolute atomic E-state index is 11.1. The predicted octanol–water partition coefficient (Wildman–Crippen LogP) is 1.61.